The molecule has 0 radical (unpaired) electrons. The molecule has 0 saturated heterocycles. The van der Waals surface area contributed by atoms with E-state index in [1.807, 2.05) is 13.8 Å². The van der Waals surface area contributed by atoms with E-state index in [2.05, 4.69) is 0 Å². The van der Waals surface area contributed by atoms with E-state index in [0.29, 0.717) is 11.3 Å². The third-order valence-corrected chi connectivity index (χ3v) is 5.64. The minimum Gasteiger partial charge on any atom is -0.316 e. The molecule has 34 heavy (non-hydrogen) atoms. The number of anilines is 1. The van der Waals surface area contributed by atoms with Crippen LogP contribution in [0.2, 0.25) is 0 Å². The maximum Gasteiger partial charge on any atom is 0.419 e. The van der Waals surface area contributed by atoms with Gasteiger partial charge in [-0.1, -0.05) is 36.4 Å². The zero-order valence-electron chi connectivity index (χ0n) is 18.4. The van der Waals surface area contributed by atoms with Crippen LogP contribution in [0.3, 0.4) is 0 Å². The molecule has 180 valence electrons. The lowest BCUT2D eigenvalue weighted by Gasteiger charge is -2.27. The molecule has 0 saturated carbocycles. The molecule has 0 aliphatic carbocycles. The van der Waals surface area contributed by atoms with Crippen LogP contribution in [0.5, 0.6) is 0 Å². The van der Waals surface area contributed by atoms with Gasteiger partial charge in [-0.25, -0.2) is 13.2 Å². The zero-order valence-corrected chi connectivity index (χ0v) is 18.4. The number of hydrogen-bond donors (Lipinski definition) is 1. The predicted molar refractivity (Wildman–Crippen MR) is 117 cm³/mol. The normalized spacial score (nSPS) is 12.5. The summed E-state index contributed by atoms with van der Waals surface area (Å²) in [7, 11) is 0. The summed E-state index contributed by atoms with van der Waals surface area (Å²) in [5, 5.41) is 0. The van der Waals surface area contributed by atoms with Crippen LogP contribution in [0, 0.1) is 31.3 Å². The van der Waals surface area contributed by atoms with Gasteiger partial charge in [-0.05, 0) is 55.2 Å². The summed E-state index contributed by atoms with van der Waals surface area (Å²) in [6.45, 7) is 3.32. The third kappa shape index (κ3) is 5.25. The molecule has 1 atom stereocenters. The second-order valence-electron chi connectivity index (χ2n) is 7.91. The minimum absolute atomic E-state index is 0.0777. The molecule has 0 aliphatic heterocycles. The molecule has 0 bridgehead atoms. The zero-order chi connectivity index (χ0) is 25.2. The fourth-order valence-electron chi connectivity index (χ4n) is 3.52. The van der Waals surface area contributed by atoms with Crippen LogP contribution in [0.15, 0.2) is 54.6 Å². The molecule has 0 fully saturated rings. The van der Waals surface area contributed by atoms with E-state index in [4.69, 9.17) is 5.73 Å². The van der Waals surface area contributed by atoms with Crippen molar-refractivity contribution in [1.82, 2.24) is 0 Å². The summed E-state index contributed by atoms with van der Waals surface area (Å²) in [5.41, 5.74) is 5.88. The summed E-state index contributed by atoms with van der Waals surface area (Å²) >= 11 is 0. The fraction of sp³-hybridized carbons (Fsp3) is 0.240. The first-order valence-electron chi connectivity index (χ1n) is 10.3. The van der Waals surface area contributed by atoms with Crippen molar-refractivity contribution < 1.29 is 31.1 Å². The van der Waals surface area contributed by atoms with Gasteiger partial charge in [0.15, 0.2) is 11.6 Å². The van der Waals surface area contributed by atoms with Crippen LogP contribution in [0.4, 0.5) is 32.0 Å². The maximum absolute atomic E-state index is 14.4. The summed E-state index contributed by atoms with van der Waals surface area (Å²) in [6.07, 6.45) is -5.83. The topological polar surface area (TPSA) is 46.3 Å². The van der Waals surface area contributed by atoms with Crippen LogP contribution < -0.4 is 10.6 Å². The van der Waals surface area contributed by atoms with Crippen molar-refractivity contribution in [3.05, 3.63) is 99.9 Å². The lowest BCUT2D eigenvalue weighted by atomic mass is 10.0. The Kier molecular flexibility index (Phi) is 7.35. The Bertz CT molecular complexity index is 1190. The van der Waals surface area contributed by atoms with Gasteiger partial charge in [0.25, 0.3) is 0 Å². The molecule has 3 aromatic carbocycles. The van der Waals surface area contributed by atoms with Gasteiger partial charge in [0.1, 0.15) is 11.9 Å². The largest absolute Gasteiger partial charge is 0.419 e. The molecular weight excluding hydrogens is 458 g/mol. The number of alkyl halides is 3. The van der Waals surface area contributed by atoms with E-state index in [9.17, 15) is 31.1 Å². The molecule has 0 spiro atoms. The first-order chi connectivity index (χ1) is 15.9. The number of rotatable bonds is 6. The number of halogens is 6. The highest BCUT2D eigenvalue weighted by Crippen LogP contribution is 2.34. The molecule has 3 nitrogen and oxygen atoms in total. The molecule has 1 unspecified atom stereocenters. The highest BCUT2D eigenvalue weighted by atomic mass is 19.4. The number of carbonyl (C=O) groups is 1. The van der Waals surface area contributed by atoms with Crippen molar-refractivity contribution in [3.63, 3.8) is 0 Å². The molecule has 2 N–H and O–H groups in total. The number of nitrogens with zero attached hydrogens (tertiary/aromatic N) is 1. The van der Waals surface area contributed by atoms with Crippen molar-refractivity contribution in [1.29, 1.82) is 0 Å². The number of amides is 1. The standard InChI is InChI=1S/C25H22F6N2O/c1-14-8-9-17(12-15(14)2)33(24(34)23(32)16-6-4-3-5-7-16)11-10-18-20(26)13-19(25(29,30)31)22(28)21(18)27/h3-9,12-13,23H,10-11,32H2,1-2H3. The molecule has 0 aliphatic rings. The first-order valence-corrected chi connectivity index (χ1v) is 10.3. The Morgan fingerprint density at radius 1 is 0.941 bits per heavy atom. The van der Waals surface area contributed by atoms with Gasteiger partial charge >= 0.3 is 6.18 Å². The Morgan fingerprint density at radius 2 is 1.59 bits per heavy atom. The van der Waals surface area contributed by atoms with Gasteiger partial charge in [0.05, 0.1) is 5.56 Å². The number of hydrogen-bond acceptors (Lipinski definition) is 2. The number of aryl methyl sites for hydroxylation is 2. The fourth-order valence-corrected chi connectivity index (χ4v) is 3.52. The van der Waals surface area contributed by atoms with Crippen LogP contribution in [-0.4, -0.2) is 12.5 Å². The second-order valence-corrected chi connectivity index (χ2v) is 7.91. The maximum atomic E-state index is 14.4. The van der Waals surface area contributed by atoms with Crippen LogP contribution in [0.1, 0.15) is 33.9 Å². The van der Waals surface area contributed by atoms with Gasteiger partial charge in [-0.3, -0.25) is 4.79 Å². The predicted octanol–water partition coefficient (Wildman–Crippen LogP) is 6.02. The van der Waals surface area contributed by atoms with Crippen molar-refractivity contribution in [3.8, 4) is 0 Å². The van der Waals surface area contributed by atoms with Crippen LogP contribution in [0.25, 0.3) is 0 Å². The van der Waals surface area contributed by atoms with Gasteiger partial charge < -0.3 is 10.6 Å². The van der Waals surface area contributed by atoms with E-state index in [0.717, 1.165) is 11.1 Å². The average molecular weight is 480 g/mol. The molecule has 3 aromatic rings. The molecule has 0 heterocycles. The van der Waals surface area contributed by atoms with E-state index in [1.54, 1.807) is 48.5 Å². The average Bonchev–Trinajstić information content (AvgIpc) is 2.79. The number of benzene rings is 3. The summed E-state index contributed by atoms with van der Waals surface area (Å²) < 4.78 is 81.4. The highest BCUT2D eigenvalue weighted by Gasteiger charge is 2.37. The Balaban J connectivity index is 1.98. The highest BCUT2D eigenvalue weighted by molar-refractivity contribution is 5.97. The lowest BCUT2D eigenvalue weighted by Crippen LogP contribution is -2.40. The molecule has 0 aromatic heterocycles. The smallest absolute Gasteiger partial charge is 0.316 e. The van der Waals surface area contributed by atoms with Crippen molar-refractivity contribution in [2.24, 2.45) is 5.73 Å². The number of carbonyl (C=O) groups excluding carboxylic acids is 1. The van der Waals surface area contributed by atoms with Crippen LogP contribution >= 0.6 is 0 Å². The van der Waals surface area contributed by atoms with Gasteiger partial charge in [-0.15, -0.1) is 0 Å². The Labute approximate surface area is 192 Å². The van der Waals surface area contributed by atoms with Crippen molar-refractivity contribution in [2.45, 2.75) is 32.5 Å². The van der Waals surface area contributed by atoms with Gasteiger partial charge in [0, 0.05) is 17.8 Å². The Morgan fingerprint density at radius 3 is 2.18 bits per heavy atom. The second kappa shape index (κ2) is 9.89. The van der Waals surface area contributed by atoms with Gasteiger partial charge in [0.2, 0.25) is 5.91 Å². The van der Waals surface area contributed by atoms with Crippen molar-refractivity contribution in [2.75, 3.05) is 11.4 Å². The lowest BCUT2D eigenvalue weighted by molar-refractivity contribution is -0.140. The third-order valence-electron chi connectivity index (χ3n) is 5.64. The Hall–Kier alpha value is -3.33. The number of nitrogens with two attached hydrogens (primary N) is 1. The van der Waals surface area contributed by atoms with Gasteiger partial charge in [-0.2, -0.15) is 13.2 Å². The molecule has 1 amide bonds. The minimum atomic E-state index is -5.26. The molecule has 9 heteroatoms. The molecular formula is C25H22F6N2O. The summed E-state index contributed by atoms with van der Waals surface area (Å²) in [4.78, 5) is 14.5. The van der Waals surface area contributed by atoms with E-state index in [1.165, 1.54) is 4.90 Å². The SMILES string of the molecule is Cc1ccc(N(CCc2c(F)cc(C(F)(F)F)c(F)c2F)C(=O)C(N)c2ccccc2)cc1C. The van der Waals surface area contributed by atoms with Crippen molar-refractivity contribution >= 4 is 11.6 Å². The quantitative estimate of drug-likeness (QED) is 0.347. The molecule has 3 rings (SSSR count). The first kappa shape index (κ1) is 25.3. The summed E-state index contributed by atoms with van der Waals surface area (Å²) in [6, 6.07) is 12.3. The van der Waals surface area contributed by atoms with Crippen LogP contribution in [-0.2, 0) is 17.4 Å². The monoisotopic (exact) mass is 480 g/mol. The van der Waals surface area contributed by atoms with E-state index < -0.39 is 53.1 Å². The van der Waals surface area contributed by atoms with E-state index >= 15 is 0 Å². The summed E-state index contributed by atoms with van der Waals surface area (Å²) in [5.74, 6) is -6.27. The van der Waals surface area contributed by atoms with E-state index in [-0.39, 0.29) is 12.6 Å².